The van der Waals surface area contributed by atoms with Crippen LogP contribution in [-0.4, -0.2) is 10.9 Å². The Kier molecular flexibility index (Phi) is 4.39. The molecular weight excluding hydrogens is 272 g/mol. The van der Waals surface area contributed by atoms with E-state index in [0.717, 1.165) is 27.8 Å². The van der Waals surface area contributed by atoms with Crippen LogP contribution < -0.4 is 5.32 Å². The fourth-order valence-electron chi connectivity index (χ4n) is 2.04. The third-order valence-corrected chi connectivity index (χ3v) is 3.74. The number of carbonyl (C=O) groups is 1. The molecule has 2 aromatic heterocycles. The smallest absolute Gasteiger partial charge is 0.244 e. The van der Waals surface area contributed by atoms with Gasteiger partial charge in [-0.25, -0.2) is 4.98 Å². The molecule has 0 aliphatic rings. The summed E-state index contributed by atoms with van der Waals surface area (Å²) in [5.41, 5.74) is 1.82. The summed E-state index contributed by atoms with van der Waals surface area (Å²) in [5.74, 6) is 1.56. The highest BCUT2D eigenvalue weighted by atomic mass is 32.1. The molecule has 0 unspecified atom stereocenters. The van der Waals surface area contributed by atoms with E-state index in [0.29, 0.717) is 0 Å². The summed E-state index contributed by atoms with van der Waals surface area (Å²) in [6.07, 6.45) is 3.23. The molecule has 0 aliphatic heterocycles. The Labute approximate surface area is 122 Å². The largest absolute Gasteiger partial charge is 0.466 e. The lowest BCUT2D eigenvalue weighted by Crippen LogP contribution is -2.24. The molecule has 2 heterocycles. The van der Waals surface area contributed by atoms with Crippen LogP contribution in [0, 0.1) is 20.8 Å². The number of nitrogens with one attached hydrogen (secondary N) is 1. The predicted molar refractivity (Wildman–Crippen MR) is 80.6 cm³/mol. The quantitative estimate of drug-likeness (QED) is 0.876. The molecule has 106 valence electrons. The minimum absolute atomic E-state index is 0.0817. The Hall–Kier alpha value is -1.88. The second-order valence-electron chi connectivity index (χ2n) is 4.72. The van der Waals surface area contributed by atoms with E-state index in [-0.39, 0.29) is 11.9 Å². The molecule has 1 N–H and O–H groups in total. The molecule has 2 rings (SSSR count). The van der Waals surface area contributed by atoms with Crippen LogP contribution in [0.5, 0.6) is 0 Å². The molecule has 0 bridgehead atoms. The minimum Gasteiger partial charge on any atom is -0.466 e. The van der Waals surface area contributed by atoms with Gasteiger partial charge < -0.3 is 9.73 Å². The summed E-state index contributed by atoms with van der Waals surface area (Å²) in [5, 5.41) is 5.83. The number of aromatic nitrogens is 1. The van der Waals surface area contributed by atoms with Gasteiger partial charge in [0.2, 0.25) is 5.91 Å². The topological polar surface area (TPSA) is 55.1 Å². The average Bonchev–Trinajstić information content (AvgIpc) is 2.92. The van der Waals surface area contributed by atoms with E-state index < -0.39 is 0 Å². The highest BCUT2D eigenvalue weighted by Gasteiger charge is 2.13. The number of hydrogen-bond acceptors (Lipinski definition) is 4. The van der Waals surface area contributed by atoms with Gasteiger partial charge in [0.05, 0.1) is 16.7 Å². The van der Waals surface area contributed by atoms with Gasteiger partial charge in [0, 0.05) is 17.0 Å². The SMILES string of the molecule is Cc1cc([C@@H](C)NC(=O)/C=C/c2csc(C)n2)c(C)o1. The summed E-state index contributed by atoms with van der Waals surface area (Å²) >= 11 is 1.57. The molecule has 2 aromatic rings. The maximum atomic E-state index is 11.9. The fraction of sp³-hybridized carbons (Fsp3) is 0.333. The Morgan fingerprint density at radius 3 is 2.75 bits per heavy atom. The number of aryl methyl sites for hydroxylation is 3. The van der Waals surface area contributed by atoms with Crippen molar-refractivity contribution < 1.29 is 9.21 Å². The first-order chi connectivity index (χ1) is 9.45. The molecule has 0 radical (unpaired) electrons. The molecule has 20 heavy (non-hydrogen) atoms. The number of nitrogens with zero attached hydrogens (tertiary/aromatic N) is 1. The predicted octanol–water partition coefficient (Wildman–Crippen LogP) is 3.55. The molecule has 0 spiro atoms. The van der Waals surface area contributed by atoms with Crippen LogP contribution in [0.2, 0.25) is 0 Å². The van der Waals surface area contributed by atoms with Crippen molar-refractivity contribution in [1.82, 2.24) is 10.3 Å². The number of carbonyl (C=O) groups excluding carboxylic acids is 1. The van der Waals surface area contributed by atoms with Crippen LogP contribution in [0.3, 0.4) is 0 Å². The molecule has 0 aliphatic carbocycles. The number of rotatable bonds is 4. The van der Waals surface area contributed by atoms with E-state index in [2.05, 4.69) is 10.3 Å². The van der Waals surface area contributed by atoms with Crippen molar-refractivity contribution in [3.63, 3.8) is 0 Å². The van der Waals surface area contributed by atoms with E-state index in [1.807, 2.05) is 39.1 Å². The van der Waals surface area contributed by atoms with Crippen molar-refractivity contribution in [2.75, 3.05) is 0 Å². The zero-order chi connectivity index (χ0) is 14.7. The fourth-order valence-corrected chi connectivity index (χ4v) is 2.62. The van der Waals surface area contributed by atoms with Gasteiger partial charge in [-0.15, -0.1) is 11.3 Å². The van der Waals surface area contributed by atoms with Crippen LogP contribution in [0.4, 0.5) is 0 Å². The third-order valence-electron chi connectivity index (χ3n) is 2.95. The molecule has 5 heteroatoms. The van der Waals surface area contributed by atoms with Crippen molar-refractivity contribution in [1.29, 1.82) is 0 Å². The Bertz CT molecular complexity index is 640. The van der Waals surface area contributed by atoms with Gasteiger partial charge in [-0.1, -0.05) is 0 Å². The lowest BCUT2D eigenvalue weighted by Gasteiger charge is -2.11. The monoisotopic (exact) mass is 290 g/mol. The molecule has 0 fully saturated rings. The summed E-state index contributed by atoms with van der Waals surface area (Å²) < 4.78 is 5.47. The summed E-state index contributed by atoms with van der Waals surface area (Å²) in [7, 11) is 0. The normalized spacial score (nSPS) is 12.8. The Morgan fingerprint density at radius 2 is 2.20 bits per heavy atom. The number of furan rings is 1. The summed E-state index contributed by atoms with van der Waals surface area (Å²) in [6, 6.07) is 1.87. The number of amides is 1. The summed E-state index contributed by atoms with van der Waals surface area (Å²) in [4.78, 5) is 16.1. The Balaban J connectivity index is 1.97. The number of hydrogen-bond donors (Lipinski definition) is 1. The van der Waals surface area contributed by atoms with Crippen LogP contribution >= 0.6 is 11.3 Å². The molecular formula is C15H18N2O2S. The third kappa shape index (κ3) is 3.57. The van der Waals surface area contributed by atoms with Gasteiger partial charge in [-0.2, -0.15) is 0 Å². The first kappa shape index (κ1) is 14.5. The van der Waals surface area contributed by atoms with Crippen LogP contribution in [0.1, 0.15) is 40.8 Å². The molecule has 1 amide bonds. The molecule has 4 nitrogen and oxygen atoms in total. The highest BCUT2D eigenvalue weighted by Crippen LogP contribution is 2.21. The van der Waals surface area contributed by atoms with Crippen molar-refractivity contribution in [2.45, 2.75) is 33.7 Å². The van der Waals surface area contributed by atoms with E-state index >= 15 is 0 Å². The minimum atomic E-state index is -0.138. The van der Waals surface area contributed by atoms with Gasteiger partial charge in [-0.3, -0.25) is 4.79 Å². The van der Waals surface area contributed by atoms with Gasteiger partial charge >= 0.3 is 0 Å². The Morgan fingerprint density at radius 1 is 1.45 bits per heavy atom. The van der Waals surface area contributed by atoms with Crippen LogP contribution in [0.25, 0.3) is 6.08 Å². The van der Waals surface area contributed by atoms with E-state index in [4.69, 9.17) is 4.42 Å². The molecule has 1 atom stereocenters. The van der Waals surface area contributed by atoms with Crippen molar-refractivity contribution in [3.05, 3.63) is 45.3 Å². The maximum absolute atomic E-state index is 11.9. The van der Waals surface area contributed by atoms with Crippen LogP contribution in [-0.2, 0) is 4.79 Å². The lowest BCUT2D eigenvalue weighted by molar-refractivity contribution is -0.117. The van der Waals surface area contributed by atoms with Crippen molar-refractivity contribution in [2.24, 2.45) is 0 Å². The zero-order valence-electron chi connectivity index (χ0n) is 12.1. The van der Waals surface area contributed by atoms with Gasteiger partial charge in [0.25, 0.3) is 0 Å². The maximum Gasteiger partial charge on any atom is 0.244 e. The molecule has 0 aromatic carbocycles. The average molecular weight is 290 g/mol. The second kappa shape index (κ2) is 6.05. The first-order valence-corrected chi connectivity index (χ1v) is 7.31. The van der Waals surface area contributed by atoms with Gasteiger partial charge in [-0.05, 0) is 39.8 Å². The molecule has 0 saturated heterocycles. The molecule has 0 saturated carbocycles. The van der Waals surface area contributed by atoms with Crippen molar-refractivity contribution in [3.8, 4) is 0 Å². The first-order valence-electron chi connectivity index (χ1n) is 6.43. The zero-order valence-corrected chi connectivity index (χ0v) is 12.9. The van der Waals surface area contributed by atoms with Gasteiger partial charge in [0.1, 0.15) is 11.5 Å². The van der Waals surface area contributed by atoms with E-state index in [1.165, 1.54) is 6.08 Å². The van der Waals surface area contributed by atoms with Crippen LogP contribution in [0.15, 0.2) is 21.9 Å². The summed E-state index contributed by atoms with van der Waals surface area (Å²) in [6.45, 7) is 7.68. The van der Waals surface area contributed by atoms with E-state index in [9.17, 15) is 4.79 Å². The van der Waals surface area contributed by atoms with Gasteiger partial charge in [0.15, 0.2) is 0 Å². The highest BCUT2D eigenvalue weighted by molar-refractivity contribution is 7.09. The second-order valence-corrected chi connectivity index (χ2v) is 5.79. The standard InChI is InChI=1S/C15H18N2O2S/c1-9-7-14(11(3)19-9)10(2)16-15(18)6-5-13-8-20-12(4)17-13/h5-8,10H,1-4H3,(H,16,18)/b6-5+/t10-/m1/s1. The van der Waals surface area contributed by atoms with Crippen molar-refractivity contribution >= 4 is 23.3 Å². The number of thiazole rings is 1. The van der Waals surface area contributed by atoms with E-state index in [1.54, 1.807) is 17.4 Å². The lowest BCUT2D eigenvalue weighted by atomic mass is 10.1.